The summed E-state index contributed by atoms with van der Waals surface area (Å²) in [6.45, 7) is 5.48. The fourth-order valence-corrected chi connectivity index (χ4v) is 10.2. The van der Waals surface area contributed by atoms with Gasteiger partial charge in [0.2, 0.25) is 21.9 Å². The molecule has 0 bridgehead atoms. The van der Waals surface area contributed by atoms with Gasteiger partial charge in [0.05, 0.1) is 9.79 Å². The van der Waals surface area contributed by atoms with Crippen molar-refractivity contribution in [1.29, 1.82) is 0 Å². The van der Waals surface area contributed by atoms with Crippen molar-refractivity contribution in [2.24, 2.45) is 0 Å². The van der Waals surface area contributed by atoms with Crippen LogP contribution in [0.4, 0.5) is 55.1 Å². The number of sulfonamides is 1. The zero-order chi connectivity index (χ0) is 48.0. The molecule has 0 unspecified atom stereocenters. The Balaban J connectivity index is 0.000000282. The van der Waals surface area contributed by atoms with Crippen molar-refractivity contribution in [3.8, 4) is 0 Å². The maximum Gasteiger partial charge on any atom is 1.00 e. The summed E-state index contributed by atoms with van der Waals surface area (Å²) in [5.74, 6) is 1.21. The van der Waals surface area contributed by atoms with Crippen LogP contribution >= 0.6 is 10.8 Å². The van der Waals surface area contributed by atoms with Gasteiger partial charge in [0.25, 0.3) is 0 Å². The number of nitrogens with zero attached hydrogens (tertiary/aromatic N) is 7. The van der Waals surface area contributed by atoms with E-state index in [1.165, 1.54) is 28.6 Å². The molecule has 4 heterocycles. The molecule has 356 valence electrons. The van der Waals surface area contributed by atoms with Crippen molar-refractivity contribution in [3.05, 3.63) is 140 Å². The van der Waals surface area contributed by atoms with Gasteiger partial charge in [-0.3, -0.25) is 22.9 Å². The summed E-state index contributed by atoms with van der Waals surface area (Å²) in [7, 11) is 1.20. The molecular formula is C46H54F2N12O5Rb2S2. The number of rotatable bonds is 14. The van der Waals surface area contributed by atoms with Crippen molar-refractivity contribution in [2.75, 3.05) is 61.5 Å². The van der Waals surface area contributed by atoms with Gasteiger partial charge in [0.15, 0.2) is 0 Å². The Bertz CT molecular complexity index is 2600. The largest absolute Gasteiger partial charge is 1.00 e. The van der Waals surface area contributed by atoms with Gasteiger partial charge in [-0.1, -0.05) is 0 Å². The SMILES string of the molecule is CNC1CCN(S(O)(O)c2ccc(Nc3nccc(Nc4ccc(F)cc4)n3)cc2)CC1.[CH-]=O.[CH2-]N(C)C1CCN(S(=O)(=O)c2ccc(Nc3nccc(Nc4ccc(F)cc4)n3)cc2)CC1.[Rb+].[Rb+]. The Morgan fingerprint density at radius 3 is 1.39 bits per heavy atom. The van der Waals surface area contributed by atoms with Gasteiger partial charge < -0.3 is 36.3 Å². The predicted octanol–water partition coefficient (Wildman–Crippen LogP) is 2.52. The van der Waals surface area contributed by atoms with Crippen LogP contribution in [0.3, 0.4) is 0 Å². The Morgan fingerprint density at radius 2 is 0.986 bits per heavy atom. The van der Waals surface area contributed by atoms with Crippen molar-refractivity contribution in [2.45, 2.75) is 47.6 Å². The van der Waals surface area contributed by atoms with E-state index in [-0.39, 0.29) is 133 Å². The summed E-state index contributed by atoms with van der Waals surface area (Å²) in [5.41, 5.74) is 2.79. The normalized spacial score (nSPS) is 14.9. The zero-order valence-corrected chi connectivity index (χ0v) is 50.4. The molecule has 4 aromatic carbocycles. The Kier molecular flexibility index (Phi) is 24.5. The van der Waals surface area contributed by atoms with Gasteiger partial charge in [-0.25, -0.2) is 31.5 Å². The van der Waals surface area contributed by atoms with E-state index in [1.54, 1.807) is 102 Å². The van der Waals surface area contributed by atoms with Crippen molar-refractivity contribution in [1.82, 2.24) is 38.8 Å². The minimum atomic E-state index is -3.55. The minimum absolute atomic E-state index is 0. The smallest absolute Gasteiger partial charge is 0.545 e. The van der Waals surface area contributed by atoms with E-state index in [0.29, 0.717) is 83.8 Å². The van der Waals surface area contributed by atoms with Crippen molar-refractivity contribution in [3.63, 3.8) is 0 Å². The fourth-order valence-electron chi connectivity index (χ4n) is 7.25. The second kappa shape index (κ2) is 28.6. The molecule has 7 N–H and O–H groups in total. The number of benzene rings is 4. The average molecular weight is 1130 g/mol. The first-order valence-electron chi connectivity index (χ1n) is 21.2. The van der Waals surface area contributed by atoms with Crippen LogP contribution in [0, 0.1) is 18.7 Å². The number of halogens is 2. The van der Waals surface area contributed by atoms with E-state index in [2.05, 4.69) is 60.4 Å². The van der Waals surface area contributed by atoms with Gasteiger partial charge in [0.1, 0.15) is 23.3 Å². The van der Waals surface area contributed by atoms with Crippen LogP contribution in [0.2, 0.25) is 0 Å². The minimum Gasteiger partial charge on any atom is -0.545 e. The van der Waals surface area contributed by atoms with Gasteiger partial charge in [0, 0.05) is 67.4 Å². The third kappa shape index (κ3) is 17.3. The van der Waals surface area contributed by atoms with E-state index in [0.717, 1.165) is 31.4 Å². The van der Waals surface area contributed by atoms with E-state index in [1.807, 2.05) is 19.0 Å². The van der Waals surface area contributed by atoms with Crippen molar-refractivity contribution >= 4 is 73.9 Å². The van der Waals surface area contributed by atoms with Crippen LogP contribution in [-0.4, -0.2) is 110 Å². The van der Waals surface area contributed by atoms with Gasteiger partial charge in [-0.15, -0.1) is 10.8 Å². The van der Waals surface area contributed by atoms with Crippen LogP contribution in [0.5, 0.6) is 0 Å². The fraction of sp³-hybridized carbons (Fsp3) is 0.261. The molecule has 0 atom stereocenters. The maximum atomic E-state index is 13.1. The summed E-state index contributed by atoms with van der Waals surface area (Å²) < 4.78 is 77.0. The van der Waals surface area contributed by atoms with Crippen LogP contribution in [0.25, 0.3) is 0 Å². The van der Waals surface area contributed by atoms with Crippen LogP contribution in [-0.2, 0) is 14.8 Å². The van der Waals surface area contributed by atoms with Gasteiger partial charge >= 0.3 is 116 Å². The quantitative estimate of drug-likeness (QED) is 0.0617. The summed E-state index contributed by atoms with van der Waals surface area (Å²) >= 11 is 0. The number of aromatic nitrogens is 4. The van der Waals surface area contributed by atoms with E-state index < -0.39 is 20.8 Å². The standard InChI is InChI=1S/C23H26FN6O2S.C22H27FN6O2S.CHO.2Rb/c1-29(2)20-12-15-30(16-13-20)33(31,32)21-9-7-19(8-10-21)27-23-25-14-11-22(28-23)26-18-5-3-17(24)4-6-18;1-24-17-11-14-29(15-12-17)32(30,31)20-8-6-19(7-9-20)27-22-25-13-10-21(28-22)26-18-4-2-16(23)3-5-18;1-2;;/h3-11,14,20H,1,12-13,15-16H2,2H3,(H2,25,26,27,28);2-10,13,17,24,30-31H,11-12,14-15H2,1H3,(H2,25,26,27,28);1H;;/q-1;;-1;2*+1. The Hall–Kier alpha value is -2.56. The molecule has 6 aromatic rings. The third-order valence-corrected chi connectivity index (χ3v) is 14.9. The topological polar surface area (TPSA) is 213 Å². The number of hydrogen-bond donors (Lipinski definition) is 7. The summed E-state index contributed by atoms with van der Waals surface area (Å²) in [5, 5.41) is 15.6. The van der Waals surface area contributed by atoms with E-state index in [9.17, 15) is 26.3 Å². The number of carbonyl (C=O) groups excluding carboxylic acids is 1. The molecule has 0 radical (unpaired) electrons. The monoisotopic (exact) mass is 1130 g/mol. The molecule has 2 fully saturated rings. The van der Waals surface area contributed by atoms with Gasteiger partial charge in [-0.05, 0) is 155 Å². The van der Waals surface area contributed by atoms with Crippen LogP contribution < -0.4 is 143 Å². The molecule has 0 aliphatic carbocycles. The molecule has 69 heavy (non-hydrogen) atoms. The predicted molar refractivity (Wildman–Crippen MR) is 259 cm³/mol. The average Bonchev–Trinajstić information content (AvgIpc) is 3.34. The molecule has 17 nitrogen and oxygen atoms in total. The second-order valence-electron chi connectivity index (χ2n) is 15.5. The van der Waals surface area contributed by atoms with E-state index in [4.69, 9.17) is 4.79 Å². The van der Waals surface area contributed by atoms with E-state index >= 15 is 0 Å². The number of anilines is 8. The molecule has 0 saturated carbocycles. The first-order chi connectivity index (χ1) is 32.2. The van der Waals surface area contributed by atoms with Crippen LogP contribution in [0.1, 0.15) is 25.7 Å². The third-order valence-electron chi connectivity index (χ3n) is 11.0. The second-order valence-corrected chi connectivity index (χ2v) is 19.5. The van der Waals surface area contributed by atoms with Gasteiger partial charge in [-0.2, -0.15) is 14.3 Å². The summed E-state index contributed by atoms with van der Waals surface area (Å²) in [6, 6.07) is 29.6. The molecule has 2 aromatic heterocycles. The number of nitrogens with one attached hydrogen (secondary N) is 5. The summed E-state index contributed by atoms with van der Waals surface area (Å²) in [6.07, 6.45) is 6.49. The maximum absolute atomic E-state index is 13.1. The van der Waals surface area contributed by atoms with Crippen molar-refractivity contribution < 1.29 is 147 Å². The molecule has 8 rings (SSSR count). The first-order valence-corrected chi connectivity index (χ1v) is 24.1. The molecule has 2 saturated heterocycles. The first kappa shape index (κ1) is 59.0. The zero-order valence-electron chi connectivity index (χ0n) is 39.0. The Morgan fingerprint density at radius 1 is 0.609 bits per heavy atom. The summed E-state index contributed by atoms with van der Waals surface area (Å²) in [4.78, 5) is 27.6. The van der Waals surface area contributed by atoms with Crippen LogP contribution in [0.15, 0.2) is 131 Å². The molecule has 2 aliphatic heterocycles. The number of hydrogen-bond acceptors (Lipinski definition) is 16. The molecule has 23 heteroatoms. The number of piperidine rings is 2. The Labute approximate surface area is 502 Å². The molecule has 0 spiro atoms. The molecular weight excluding hydrogens is 1070 g/mol. The molecule has 2 aliphatic rings. The molecule has 0 amide bonds.